The van der Waals surface area contributed by atoms with Gasteiger partial charge in [0.25, 0.3) is 0 Å². The molecule has 1 heterocycles. The van der Waals surface area contributed by atoms with Crippen LogP contribution in [0.5, 0.6) is 0 Å². The zero-order valence-electron chi connectivity index (χ0n) is 10.8. The van der Waals surface area contributed by atoms with E-state index in [1.54, 1.807) is 0 Å². The van der Waals surface area contributed by atoms with Crippen LogP contribution >= 0.6 is 11.8 Å². The summed E-state index contributed by atoms with van der Waals surface area (Å²) in [5.74, 6) is 0. The monoisotopic (exact) mass is 250 g/mol. The van der Waals surface area contributed by atoms with Gasteiger partial charge in [-0.1, -0.05) is 0 Å². The van der Waals surface area contributed by atoms with Gasteiger partial charge in [-0.15, -0.1) is 0 Å². The highest BCUT2D eigenvalue weighted by molar-refractivity contribution is 7.99. The topological polar surface area (TPSA) is 29.3 Å². The molecular formula is C14H22N2S. The number of hydrogen-bond donors (Lipinski definition) is 1. The molecule has 3 heteroatoms. The van der Waals surface area contributed by atoms with Gasteiger partial charge in [0.15, 0.2) is 0 Å². The summed E-state index contributed by atoms with van der Waals surface area (Å²) in [5.41, 5.74) is 9.28. The van der Waals surface area contributed by atoms with Crippen molar-refractivity contribution < 1.29 is 0 Å². The Morgan fingerprint density at radius 2 is 2.12 bits per heavy atom. The molecular weight excluding hydrogens is 228 g/mol. The van der Waals surface area contributed by atoms with E-state index >= 15 is 0 Å². The van der Waals surface area contributed by atoms with Gasteiger partial charge in [0, 0.05) is 29.7 Å². The van der Waals surface area contributed by atoms with Crippen LogP contribution < -0.4 is 10.6 Å². The summed E-state index contributed by atoms with van der Waals surface area (Å²) >= 11 is 2.02. The zero-order chi connectivity index (χ0) is 12.3. The minimum absolute atomic E-state index is 0.842. The predicted molar refractivity (Wildman–Crippen MR) is 79.0 cm³/mol. The number of rotatable bonds is 2. The third-order valence-corrected chi connectivity index (χ3v) is 4.77. The second-order valence-corrected chi connectivity index (χ2v) is 5.95. The van der Waals surface area contributed by atoms with Crippen molar-refractivity contribution in [1.29, 1.82) is 0 Å². The van der Waals surface area contributed by atoms with Crippen molar-refractivity contribution in [2.45, 2.75) is 31.4 Å². The molecule has 0 aliphatic carbocycles. The summed E-state index contributed by atoms with van der Waals surface area (Å²) < 4.78 is 0. The first-order valence-corrected chi connectivity index (χ1v) is 7.63. The molecule has 1 aromatic carbocycles. The Labute approximate surface area is 109 Å². The number of nitrogens with two attached hydrogens (primary N) is 1. The SMILES string of the molecule is CSC1CCCN(c2ccc(N)c(C)c2)CC1. The average molecular weight is 250 g/mol. The fraction of sp³-hybridized carbons (Fsp3) is 0.571. The molecule has 17 heavy (non-hydrogen) atoms. The molecule has 0 spiro atoms. The number of benzene rings is 1. The average Bonchev–Trinajstić information content (AvgIpc) is 2.58. The third-order valence-electron chi connectivity index (χ3n) is 3.63. The van der Waals surface area contributed by atoms with E-state index < -0.39 is 0 Å². The number of hydrogen-bond acceptors (Lipinski definition) is 3. The highest BCUT2D eigenvalue weighted by Gasteiger charge is 2.16. The summed E-state index contributed by atoms with van der Waals surface area (Å²) in [6, 6.07) is 6.40. The van der Waals surface area contributed by atoms with Crippen molar-refractivity contribution in [3.8, 4) is 0 Å². The highest BCUT2D eigenvalue weighted by atomic mass is 32.2. The Hall–Kier alpha value is -0.830. The molecule has 1 aliphatic rings. The quantitative estimate of drug-likeness (QED) is 0.817. The van der Waals surface area contributed by atoms with Crippen LogP contribution in [0.4, 0.5) is 11.4 Å². The summed E-state index contributed by atoms with van der Waals surface area (Å²) in [5, 5.41) is 0.842. The van der Waals surface area contributed by atoms with Gasteiger partial charge in [0.2, 0.25) is 0 Å². The fourth-order valence-corrected chi connectivity index (χ4v) is 3.16. The molecule has 2 nitrogen and oxygen atoms in total. The van der Waals surface area contributed by atoms with E-state index in [4.69, 9.17) is 5.73 Å². The standard InChI is InChI=1S/C14H22N2S/c1-11-10-12(5-6-14(11)15)16-8-3-4-13(17-2)7-9-16/h5-6,10,13H,3-4,7-9,15H2,1-2H3. The summed E-state index contributed by atoms with van der Waals surface area (Å²) in [7, 11) is 0. The van der Waals surface area contributed by atoms with Crippen molar-refractivity contribution in [2.24, 2.45) is 0 Å². The lowest BCUT2D eigenvalue weighted by molar-refractivity contribution is 0.745. The molecule has 1 aromatic rings. The summed E-state index contributed by atoms with van der Waals surface area (Å²) in [6.45, 7) is 4.44. The van der Waals surface area contributed by atoms with Crippen molar-refractivity contribution in [3.05, 3.63) is 23.8 Å². The van der Waals surface area contributed by atoms with Gasteiger partial charge < -0.3 is 10.6 Å². The van der Waals surface area contributed by atoms with Gasteiger partial charge in [-0.2, -0.15) is 11.8 Å². The third kappa shape index (κ3) is 3.09. The molecule has 1 unspecified atom stereocenters. The number of nitrogens with zero attached hydrogens (tertiary/aromatic N) is 1. The van der Waals surface area contributed by atoms with Crippen molar-refractivity contribution >= 4 is 23.1 Å². The molecule has 0 amide bonds. The molecule has 94 valence electrons. The molecule has 0 bridgehead atoms. The predicted octanol–water partition coefficient (Wildman–Crippen LogP) is 3.30. The minimum atomic E-state index is 0.842. The van der Waals surface area contributed by atoms with Crippen LogP contribution in [-0.2, 0) is 0 Å². The molecule has 1 fully saturated rings. The van der Waals surface area contributed by atoms with E-state index in [-0.39, 0.29) is 0 Å². The molecule has 1 atom stereocenters. The maximum absolute atomic E-state index is 5.87. The Balaban J connectivity index is 2.08. The second kappa shape index (κ2) is 5.67. The van der Waals surface area contributed by atoms with Crippen LogP contribution in [0.25, 0.3) is 0 Å². The number of nitrogen functional groups attached to an aromatic ring is 1. The number of thioether (sulfide) groups is 1. The van der Waals surface area contributed by atoms with Gasteiger partial charge in [-0.05, 0) is 56.2 Å². The lowest BCUT2D eigenvalue weighted by Crippen LogP contribution is -2.24. The van der Waals surface area contributed by atoms with Crippen LogP contribution in [0.3, 0.4) is 0 Å². The Morgan fingerprint density at radius 3 is 2.82 bits per heavy atom. The van der Waals surface area contributed by atoms with Crippen molar-refractivity contribution in [2.75, 3.05) is 30.0 Å². The largest absolute Gasteiger partial charge is 0.399 e. The molecule has 0 radical (unpaired) electrons. The summed E-state index contributed by atoms with van der Waals surface area (Å²) in [6.07, 6.45) is 6.18. The maximum Gasteiger partial charge on any atom is 0.0370 e. The van der Waals surface area contributed by atoms with Crippen molar-refractivity contribution in [1.82, 2.24) is 0 Å². The molecule has 1 saturated heterocycles. The minimum Gasteiger partial charge on any atom is -0.399 e. The normalized spacial score (nSPS) is 21.3. The van der Waals surface area contributed by atoms with Crippen LogP contribution in [0, 0.1) is 6.92 Å². The first kappa shape index (κ1) is 12.6. The van der Waals surface area contributed by atoms with Crippen LogP contribution in [-0.4, -0.2) is 24.6 Å². The fourth-order valence-electron chi connectivity index (χ4n) is 2.42. The Morgan fingerprint density at radius 1 is 1.29 bits per heavy atom. The summed E-state index contributed by atoms with van der Waals surface area (Å²) in [4.78, 5) is 2.50. The van der Waals surface area contributed by atoms with E-state index in [0.717, 1.165) is 10.9 Å². The van der Waals surface area contributed by atoms with Gasteiger partial charge >= 0.3 is 0 Å². The first-order valence-electron chi connectivity index (χ1n) is 6.34. The van der Waals surface area contributed by atoms with Crippen LogP contribution in [0.15, 0.2) is 18.2 Å². The van der Waals surface area contributed by atoms with E-state index in [2.05, 4.69) is 30.2 Å². The zero-order valence-corrected chi connectivity index (χ0v) is 11.6. The van der Waals surface area contributed by atoms with E-state index in [0.29, 0.717) is 0 Å². The molecule has 0 aromatic heterocycles. The van der Waals surface area contributed by atoms with Crippen LogP contribution in [0.1, 0.15) is 24.8 Å². The highest BCUT2D eigenvalue weighted by Crippen LogP contribution is 2.26. The van der Waals surface area contributed by atoms with Crippen LogP contribution in [0.2, 0.25) is 0 Å². The van der Waals surface area contributed by atoms with Gasteiger partial charge in [0.05, 0.1) is 0 Å². The molecule has 0 saturated carbocycles. The van der Waals surface area contributed by atoms with E-state index in [1.807, 2.05) is 17.8 Å². The van der Waals surface area contributed by atoms with Gasteiger partial charge in [-0.25, -0.2) is 0 Å². The number of anilines is 2. The van der Waals surface area contributed by atoms with E-state index in [9.17, 15) is 0 Å². The van der Waals surface area contributed by atoms with Crippen molar-refractivity contribution in [3.63, 3.8) is 0 Å². The second-order valence-electron chi connectivity index (χ2n) is 4.82. The lowest BCUT2D eigenvalue weighted by atomic mass is 10.1. The number of aryl methyl sites for hydroxylation is 1. The first-order chi connectivity index (χ1) is 8.20. The van der Waals surface area contributed by atoms with Gasteiger partial charge in [-0.3, -0.25) is 0 Å². The Bertz CT molecular complexity index is 378. The molecule has 1 aliphatic heterocycles. The van der Waals surface area contributed by atoms with Gasteiger partial charge in [0.1, 0.15) is 0 Å². The lowest BCUT2D eigenvalue weighted by Gasteiger charge is -2.23. The molecule has 2 rings (SSSR count). The Kier molecular flexibility index (Phi) is 4.21. The smallest absolute Gasteiger partial charge is 0.0370 e. The van der Waals surface area contributed by atoms with E-state index in [1.165, 1.54) is 43.6 Å². The molecule has 2 N–H and O–H groups in total. The maximum atomic E-state index is 5.87.